The molecule has 0 aliphatic heterocycles. The lowest BCUT2D eigenvalue weighted by Gasteiger charge is -2.06. The van der Waals surface area contributed by atoms with Crippen molar-refractivity contribution in [2.24, 2.45) is 0 Å². The van der Waals surface area contributed by atoms with Crippen molar-refractivity contribution in [1.29, 1.82) is 0 Å². The molecule has 4 rings (SSSR count). The summed E-state index contributed by atoms with van der Waals surface area (Å²) in [6.45, 7) is 1.71. The highest BCUT2D eigenvalue weighted by Crippen LogP contribution is 2.27. The van der Waals surface area contributed by atoms with Gasteiger partial charge in [-0.15, -0.1) is 11.3 Å². The van der Waals surface area contributed by atoms with E-state index in [4.69, 9.17) is 0 Å². The standard InChI is InChI=1S/C20H15F2N5O2S/c1-10-15(30-20(23-10)11-5-3-2-4-6-11)19(29)27-26-18(28)12-7-8-13-14(9-12)25-17(24-13)16(21)22/h2-9,16H,1H3,(H,24,25)(H,26,28)(H,27,29). The Bertz CT molecular complexity index is 1240. The normalized spacial score (nSPS) is 11.1. The molecular formula is C20H15F2N5O2S. The van der Waals surface area contributed by atoms with Crippen molar-refractivity contribution in [3.63, 3.8) is 0 Å². The van der Waals surface area contributed by atoms with Crippen LogP contribution in [-0.2, 0) is 0 Å². The zero-order valence-electron chi connectivity index (χ0n) is 15.6. The fraction of sp³-hybridized carbons (Fsp3) is 0.100. The van der Waals surface area contributed by atoms with Crippen LogP contribution < -0.4 is 10.9 Å². The van der Waals surface area contributed by atoms with Gasteiger partial charge in [0.1, 0.15) is 9.88 Å². The number of H-pyrrole nitrogens is 1. The summed E-state index contributed by atoms with van der Waals surface area (Å²) in [6.07, 6.45) is -2.74. The quantitative estimate of drug-likeness (QED) is 0.429. The summed E-state index contributed by atoms with van der Waals surface area (Å²) in [5.74, 6) is -1.56. The number of fused-ring (bicyclic) bond motifs is 1. The molecule has 30 heavy (non-hydrogen) atoms. The first-order chi connectivity index (χ1) is 14.4. The molecule has 3 N–H and O–H groups in total. The number of rotatable bonds is 4. The van der Waals surface area contributed by atoms with E-state index in [1.54, 1.807) is 6.92 Å². The molecule has 10 heteroatoms. The summed E-state index contributed by atoms with van der Waals surface area (Å²) in [5.41, 5.74) is 6.92. The van der Waals surface area contributed by atoms with Gasteiger partial charge >= 0.3 is 0 Å². The highest BCUT2D eigenvalue weighted by Gasteiger charge is 2.18. The van der Waals surface area contributed by atoms with Gasteiger partial charge in [-0.1, -0.05) is 30.3 Å². The van der Waals surface area contributed by atoms with Crippen LogP contribution in [0.2, 0.25) is 0 Å². The molecule has 0 bridgehead atoms. The minimum absolute atomic E-state index is 0.179. The van der Waals surface area contributed by atoms with Crippen LogP contribution >= 0.6 is 11.3 Å². The van der Waals surface area contributed by atoms with Gasteiger partial charge in [-0.3, -0.25) is 20.4 Å². The Morgan fingerprint density at radius 2 is 1.77 bits per heavy atom. The summed E-state index contributed by atoms with van der Waals surface area (Å²) in [6, 6.07) is 13.7. The maximum atomic E-state index is 12.8. The lowest BCUT2D eigenvalue weighted by molar-refractivity contribution is 0.0848. The number of hydrogen-bond donors (Lipinski definition) is 3. The number of benzene rings is 2. The van der Waals surface area contributed by atoms with E-state index >= 15 is 0 Å². The summed E-state index contributed by atoms with van der Waals surface area (Å²) >= 11 is 1.22. The number of hydrogen-bond acceptors (Lipinski definition) is 5. The molecule has 152 valence electrons. The highest BCUT2D eigenvalue weighted by atomic mass is 32.1. The SMILES string of the molecule is Cc1nc(-c2ccccc2)sc1C(=O)NNC(=O)c1ccc2nc(C(F)F)[nH]c2c1. The third-order valence-electron chi connectivity index (χ3n) is 4.28. The first kappa shape index (κ1) is 19.6. The van der Waals surface area contributed by atoms with Gasteiger partial charge < -0.3 is 4.98 Å². The largest absolute Gasteiger partial charge is 0.337 e. The smallest absolute Gasteiger partial charge is 0.295 e. The van der Waals surface area contributed by atoms with Crippen molar-refractivity contribution in [1.82, 2.24) is 25.8 Å². The van der Waals surface area contributed by atoms with E-state index in [0.29, 0.717) is 26.6 Å². The number of thiazole rings is 1. The molecular weight excluding hydrogens is 412 g/mol. The van der Waals surface area contributed by atoms with E-state index in [2.05, 4.69) is 25.8 Å². The molecule has 0 aliphatic carbocycles. The molecule has 0 spiro atoms. The number of nitrogens with one attached hydrogen (secondary N) is 3. The zero-order valence-corrected chi connectivity index (χ0v) is 16.4. The van der Waals surface area contributed by atoms with Crippen molar-refractivity contribution in [2.75, 3.05) is 0 Å². The molecule has 7 nitrogen and oxygen atoms in total. The monoisotopic (exact) mass is 427 g/mol. The number of hydrazine groups is 1. The summed E-state index contributed by atoms with van der Waals surface area (Å²) < 4.78 is 25.5. The number of aryl methyl sites for hydroxylation is 1. The van der Waals surface area contributed by atoms with Gasteiger partial charge in [0.15, 0.2) is 5.82 Å². The Balaban J connectivity index is 1.45. The summed E-state index contributed by atoms with van der Waals surface area (Å²) in [4.78, 5) is 35.8. The maximum Gasteiger partial charge on any atom is 0.295 e. The Kier molecular flexibility index (Phi) is 5.23. The van der Waals surface area contributed by atoms with Gasteiger partial charge in [0.05, 0.1) is 16.7 Å². The molecule has 2 heterocycles. The number of aromatic nitrogens is 3. The molecule has 2 aromatic heterocycles. The summed E-state index contributed by atoms with van der Waals surface area (Å²) in [7, 11) is 0. The third kappa shape index (κ3) is 3.90. The van der Waals surface area contributed by atoms with Crippen LogP contribution in [0.15, 0.2) is 48.5 Å². The van der Waals surface area contributed by atoms with Crippen molar-refractivity contribution in [2.45, 2.75) is 13.3 Å². The van der Waals surface area contributed by atoms with E-state index in [-0.39, 0.29) is 5.56 Å². The number of nitrogens with zero attached hydrogens (tertiary/aromatic N) is 2. The van der Waals surface area contributed by atoms with Gasteiger partial charge in [-0.2, -0.15) is 0 Å². The van der Waals surface area contributed by atoms with Gasteiger partial charge in [-0.05, 0) is 25.1 Å². The van der Waals surface area contributed by atoms with Crippen molar-refractivity contribution in [3.05, 3.63) is 70.5 Å². The minimum atomic E-state index is -2.74. The first-order valence-corrected chi connectivity index (χ1v) is 9.65. The van der Waals surface area contributed by atoms with Gasteiger partial charge in [0.25, 0.3) is 18.2 Å². The molecule has 0 radical (unpaired) electrons. The van der Waals surface area contributed by atoms with Crippen LogP contribution in [0.1, 0.15) is 38.0 Å². The molecule has 0 fully saturated rings. The van der Waals surface area contributed by atoms with Crippen LogP contribution in [0.25, 0.3) is 21.6 Å². The second-order valence-electron chi connectivity index (χ2n) is 6.36. The van der Waals surface area contributed by atoms with Crippen molar-refractivity contribution >= 4 is 34.2 Å². The molecule has 4 aromatic rings. The van der Waals surface area contributed by atoms with Crippen LogP contribution in [0.5, 0.6) is 0 Å². The lowest BCUT2D eigenvalue weighted by Crippen LogP contribution is -2.41. The Morgan fingerprint density at radius 3 is 2.50 bits per heavy atom. The van der Waals surface area contributed by atoms with Crippen LogP contribution in [-0.4, -0.2) is 26.8 Å². The average Bonchev–Trinajstić information content (AvgIpc) is 3.35. The predicted octanol–water partition coefficient (Wildman–Crippen LogP) is 4.01. The van der Waals surface area contributed by atoms with Gasteiger partial charge in [-0.25, -0.2) is 18.7 Å². The molecule has 0 saturated heterocycles. The maximum absolute atomic E-state index is 12.8. The number of imidazole rings is 1. The predicted molar refractivity (Wildman–Crippen MR) is 108 cm³/mol. The molecule has 0 unspecified atom stereocenters. The highest BCUT2D eigenvalue weighted by molar-refractivity contribution is 7.17. The summed E-state index contributed by atoms with van der Waals surface area (Å²) in [5, 5.41) is 0.698. The van der Waals surface area contributed by atoms with Crippen LogP contribution in [0.4, 0.5) is 8.78 Å². The first-order valence-electron chi connectivity index (χ1n) is 8.83. The molecule has 0 atom stereocenters. The number of halogens is 2. The fourth-order valence-corrected chi connectivity index (χ4v) is 3.79. The Morgan fingerprint density at radius 1 is 1.03 bits per heavy atom. The van der Waals surface area contributed by atoms with E-state index in [1.165, 1.54) is 29.5 Å². The van der Waals surface area contributed by atoms with Crippen molar-refractivity contribution in [3.8, 4) is 10.6 Å². The van der Waals surface area contributed by atoms with E-state index in [0.717, 1.165) is 5.56 Å². The second-order valence-corrected chi connectivity index (χ2v) is 7.36. The third-order valence-corrected chi connectivity index (χ3v) is 5.49. The van der Waals surface area contributed by atoms with Gasteiger partial charge in [0.2, 0.25) is 0 Å². The van der Waals surface area contributed by atoms with Crippen LogP contribution in [0, 0.1) is 6.92 Å². The molecule has 2 aromatic carbocycles. The average molecular weight is 427 g/mol. The Labute approximate surface area is 173 Å². The van der Waals surface area contributed by atoms with E-state index < -0.39 is 24.1 Å². The van der Waals surface area contributed by atoms with E-state index in [1.807, 2.05) is 30.3 Å². The number of carbonyl (C=O) groups excluding carboxylic acids is 2. The van der Waals surface area contributed by atoms with Crippen molar-refractivity contribution < 1.29 is 18.4 Å². The van der Waals surface area contributed by atoms with Crippen LogP contribution in [0.3, 0.4) is 0 Å². The van der Waals surface area contributed by atoms with E-state index in [9.17, 15) is 18.4 Å². The fourth-order valence-electron chi connectivity index (χ4n) is 2.83. The molecule has 0 saturated carbocycles. The second kappa shape index (κ2) is 7.99. The molecule has 0 aliphatic rings. The number of aromatic amines is 1. The Hall–Kier alpha value is -3.66. The lowest BCUT2D eigenvalue weighted by atomic mass is 10.2. The topological polar surface area (TPSA) is 99.8 Å². The number of amides is 2. The number of carbonyl (C=O) groups is 2. The van der Waals surface area contributed by atoms with Gasteiger partial charge in [0, 0.05) is 11.1 Å². The zero-order chi connectivity index (χ0) is 21.3. The molecule has 2 amide bonds. The number of alkyl halides is 2. The minimum Gasteiger partial charge on any atom is -0.337 e.